The summed E-state index contributed by atoms with van der Waals surface area (Å²) in [6.45, 7) is 8.67. The summed E-state index contributed by atoms with van der Waals surface area (Å²) in [6, 6.07) is 0.698. The number of carbonyl (C=O) groups is 1. The van der Waals surface area contributed by atoms with Gasteiger partial charge in [-0.3, -0.25) is 0 Å². The van der Waals surface area contributed by atoms with E-state index >= 15 is 0 Å². The van der Waals surface area contributed by atoms with Crippen molar-refractivity contribution in [3.05, 3.63) is 0 Å². The summed E-state index contributed by atoms with van der Waals surface area (Å²) in [5.41, 5.74) is 0.135. The van der Waals surface area contributed by atoms with Gasteiger partial charge in [-0.2, -0.15) is 0 Å². The van der Waals surface area contributed by atoms with E-state index in [0.29, 0.717) is 22.1 Å². The van der Waals surface area contributed by atoms with Crippen molar-refractivity contribution in [3.8, 4) is 0 Å². The molecule has 6 rings (SSSR count). The van der Waals surface area contributed by atoms with E-state index in [0.717, 1.165) is 35.5 Å². The van der Waals surface area contributed by atoms with Crippen molar-refractivity contribution in [1.82, 2.24) is 4.90 Å². The third kappa shape index (κ3) is 0.583. The molecule has 4 unspecified atom stereocenters. The van der Waals surface area contributed by atoms with Crippen molar-refractivity contribution in [2.24, 2.45) is 40.9 Å². The van der Waals surface area contributed by atoms with Crippen molar-refractivity contribution in [3.63, 3.8) is 0 Å². The number of carbonyl (C=O) groups excluding carboxylic acids is 1. The fourth-order valence-electron chi connectivity index (χ4n) is 7.87. The Kier molecular flexibility index (Phi) is 1.49. The van der Waals surface area contributed by atoms with E-state index in [1.165, 1.54) is 0 Å². The molecule has 0 aromatic heterocycles. The minimum atomic E-state index is 0.135. The fourth-order valence-corrected chi connectivity index (χ4v) is 7.87. The van der Waals surface area contributed by atoms with Crippen LogP contribution in [-0.2, 0) is 4.79 Å². The van der Waals surface area contributed by atoms with E-state index in [4.69, 9.17) is 0 Å². The molecule has 0 N–H and O–H groups in total. The second-order valence-corrected chi connectivity index (χ2v) is 8.31. The molecule has 6 saturated carbocycles. The number of hydrogen-bond donors (Lipinski definition) is 0. The normalized spacial score (nSPS) is 63.3. The van der Waals surface area contributed by atoms with Crippen LogP contribution in [0.15, 0.2) is 0 Å². The summed E-state index contributed by atoms with van der Waals surface area (Å²) < 4.78 is 0.445. The zero-order valence-corrected chi connectivity index (χ0v) is 12.0. The second kappa shape index (κ2) is 2.49. The van der Waals surface area contributed by atoms with Gasteiger partial charge in [0.2, 0.25) is 0 Å². The monoisotopic (exact) mass is 237 g/mol. The van der Waals surface area contributed by atoms with Crippen molar-refractivity contribution in [1.29, 1.82) is 0 Å². The van der Waals surface area contributed by atoms with Gasteiger partial charge in [-0.15, -0.1) is 0 Å². The molecule has 18 heavy (non-hydrogen) atoms. The van der Waals surface area contributed by atoms with Crippen molar-refractivity contribution in [2.45, 2.75) is 43.9 Å². The molecule has 4 atom stereocenters. The summed E-state index contributed by atoms with van der Waals surface area (Å²) in [4.78, 5) is 15.3. The predicted octanol–water partition coefficient (Wildman–Crippen LogP) is 1.71. The van der Waals surface area contributed by atoms with Crippen LogP contribution in [0, 0.1) is 40.9 Å². The Labute approximate surface area is 118 Å². The Bertz CT molecular complexity index is 471. The summed E-state index contributed by atoms with van der Waals surface area (Å²) in [5, 5.41) is 0. The molecule has 0 saturated heterocycles. The van der Waals surface area contributed by atoms with E-state index in [2.05, 4.69) is 50.3 Å². The van der Waals surface area contributed by atoms with Gasteiger partial charge in [0, 0.05) is 0 Å². The van der Waals surface area contributed by atoms with Gasteiger partial charge in [0.15, 0.2) is 0 Å². The predicted molar refractivity (Wildman–Crippen MR) is 68.9 cm³/mol. The molecule has 2 nitrogen and oxygen atoms in total. The minimum absolute atomic E-state index is 0.135. The van der Waals surface area contributed by atoms with E-state index < -0.39 is 0 Å². The molecule has 0 bridgehead atoms. The van der Waals surface area contributed by atoms with Gasteiger partial charge < -0.3 is 0 Å². The molecule has 6 aliphatic carbocycles. The first-order valence-electron chi connectivity index (χ1n) is 7.74. The first kappa shape index (κ1) is 10.8. The topological polar surface area (TPSA) is 20.3 Å². The summed E-state index contributed by atoms with van der Waals surface area (Å²) >= 11 is 2.43. The fraction of sp³-hybridized carbons (Fsp3) is 0.933. The van der Waals surface area contributed by atoms with Gasteiger partial charge in [-0.05, 0) is 0 Å². The van der Waals surface area contributed by atoms with Crippen LogP contribution in [0.3, 0.4) is 0 Å². The SMILES string of the molecule is [Li][C]12C3C4C5C3C1(C(=O)N(C(C)C)C(C)C)C5C42. The van der Waals surface area contributed by atoms with Gasteiger partial charge >= 0.3 is 118 Å². The average molecular weight is 237 g/mol. The van der Waals surface area contributed by atoms with Crippen LogP contribution >= 0.6 is 0 Å². The Morgan fingerprint density at radius 1 is 1.00 bits per heavy atom. The quantitative estimate of drug-likeness (QED) is 0.684. The number of amides is 1. The van der Waals surface area contributed by atoms with Gasteiger partial charge in [-0.1, -0.05) is 0 Å². The Balaban J connectivity index is 1.52. The Hall–Kier alpha value is 0.0674. The standard InChI is InChI=1S/C15H20NO.Li/c1-5(2)16(6(3)4)14(17)15-11-8-7-9(11)13(15)10(7)12(8)15;/h5-12H,1-4H3;. The number of rotatable bonds is 3. The molecule has 1 amide bonds. The number of nitrogens with zero attached hydrogens (tertiary/aromatic N) is 1. The second-order valence-electron chi connectivity index (χ2n) is 8.31. The third-order valence-electron chi connectivity index (χ3n) is 7.91. The van der Waals surface area contributed by atoms with Crippen LogP contribution in [0.4, 0.5) is 0 Å². The van der Waals surface area contributed by atoms with Crippen LogP contribution in [0.5, 0.6) is 0 Å². The van der Waals surface area contributed by atoms with Crippen LogP contribution < -0.4 is 0 Å². The van der Waals surface area contributed by atoms with Gasteiger partial charge in [0.25, 0.3) is 0 Å². The average Bonchev–Trinajstić information content (AvgIpc) is 2.27. The molecule has 0 heterocycles. The first-order chi connectivity index (χ1) is 8.41. The van der Waals surface area contributed by atoms with E-state index in [-0.39, 0.29) is 5.41 Å². The van der Waals surface area contributed by atoms with E-state index in [9.17, 15) is 4.79 Å². The van der Waals surface area contributed by atoms with Crippen molar-refractivity contribution in [2.75, 3.05) is 0 Å². The summed E-state index contributed by atoms with van der Waals surface area (Å²) in [6.07, 6.45) is 0. The molecule has 0 aliphatic heterocycles. The van der Waals surface area contributed by atoms with Crippen LogP contribution in [0.25, 0.3) is 0 Å². The van der Waals surface area contributed by atoms with Crippen LogP contribution in [0.1, 0.15) is 27.7 Å². The summed E-state index contributed by atoms with van der Waals surface area (Å²) in [5.74, 6) is 6.14. The zero-order chi connectivity index (χ0) is 12.8. The van der Waals surface area contributed by atoms with Crippen molar-refractivity contribution < 1.29 is 4.79 Å². The summed E-state index contributed by atoms with van der Waals surface area (Å²) in [7, 11) is 0. The molecular weight excluding hydrogens is 217 g/mol. The molecule has 6 aliphatic rings. The van der Waals surface area contributed by atoms with E-state index in [1.54, 1.807) is 0 Å². The van der Waals surface area contributed by atoms with Gasteiger partial charge in [-0.25, -0.2) is 0 Å². The molecule has 6 fully saturated rings. The Morgan fingerprint density at radius 3 is 1.83 bits per heavy atom. The maximum atomic E-state index is 13.1. The maximum absolute atomic E-state index is 13.1. The van der Waals surface area contributed by atoms with Crippen LogP contribution in [0.2, 0.25) is 4.09 Å². The Morgan fingerprint density at radius 2 is 1.44 bits per heavy atom. The van der Waals surface area contributed by atoms with Crippen molar-refractivity contribution >= 4 is 23.6 Å². The molecule has 0 aromatic carbocycles. The first-order valence-corrected chi connectivity index (χ1v) is 7.74. The molecule has 3 heteroatoms. The van der Waals surface area contributed by atoms with Crippen LogP contribution in [-0.4, -0.2) is 40.6 Å². The van der Waals surface area contributed by atoms with Gasteiger partial charge in [0.05, 0.1) is 0 Å². The molecular formula is C15H20LiNO. The molecule has 0 radical (unpaired) electrons. The molecule has 0 spiro atoms. The number of hydrogen-bond acceptors (Lipinski definition) is 1. The van der Waals surface area contributed by atoms with Gasteiger partial charge in [0.1, 0.15) is 0 Å². The zero-order valence-electron chi connectivity index (χ0n) is 12.0. The third-order valence-corrected chi connectivity index (χ3v) is 7.91. The van der Waals surface area contributed by atoms with E-state index in [1.807, 2.05) is 0 Å². The molecule has 0 aromatic rings. The molecule has 92 valence electrons.